The number of para-hydroxylation sites is 1. The molecule has 2 aromatic heterocycles. The third-order valence-electron chi connectivity index (χ3n) is 6.22. The summed E-state index contributed by atoms with van der Waals surface area (Å²) in [5, 5.41) is 4.47. The smallest absolute Gasteiger partial charge is 0.170 e. The van der Waals surface area contributed by atoms with Gasteiger partial charge in [0.2, 0.25) is 0 Å². The van der Waals surface area contributed by atoms with Crippen molar-refractivity contribution in [2.75, 3.05) is 0 Å². The molecule has 4 nitrogen and oxygen atoms in total. The van der Waals surface area contributed by atoms with Crippen LogP contribution in [0.5, 0.6) is 0 Å². The molecule has 2 fully saturated rings. The van der Waals surface area contributed by atoms with Gasteiger partial charge in [0.15, 0.2) is 5.11 Å². The molecule has 0 spiro atoms. The summed E-state index contributed by atoms with van der Waals surface area (Å²) in [4.78, 5) is 7.13. The fraction of sp³-hybridized carbons (Fsp3) is 0.333. The minimum absolute atomic E-state index is 0.0669. The monoisotopic (exact) mass is 402 g/mol. The molecule has 1 N–H and O–H groups in total. The fourth-order valence-corrected chi connectivity index (χ4v) is 5.21. The molecule has 1 saturated heterocycles. The van der Waals surface area contributed by atoms with E-state index in [9.17, 15) is 0 Å². The number of pyridine rings is 1. The maximum atomic E-state index is 5.86. The summed E-state index contributed by atoms with van der Waals surface area (Å²) in [6, 6.07) is 19.6. The molecule has 0 bridgehead atoms. The molecule has 2 aliphatic rings. The number of benzene rings is 1. The molecule has 3 heterocycles. The van der Waals surface area contributed by atoms with Gasteiger partial charge < -0.3 is 14.8 Å². The summed E-state index contributed by atoms with van der Waals surface area (Å²) in [6.07, 6.45) is 12.6. The first-order valence-corrected chi connectivity index (χ1v) is 11.0. The van der Waals surface area contributed by atoms with Gasteiger partial charge in [-0.05, 0) is 61.0 Å². The van der Waals surface area contributed by atoms with Gasteiger partial charge in [-0.1, -0.05) is 43.5 Å². The maximum absolute atomic E-state index is 5.86. The van der Waals surface area contributed by atoms with Gasteiger partial charge in [-0.15, -0.1) is 0 Å². The zero-order valence-electron chi connectivity index (χ0n) is 16.4. The second kappa shape index (κ2) is 7.99. The number of nitrogens with zero attached hydrogens (tertiary/aromatic N) is 3. The fourth-order valence-electron chi connectivity index (χ4n) is 4.82. The van der Waals surface area contributed by atoms with Gasteiger partial charge in [-0.2, -0.15) is 0 Å². The van der Waals surface area contributed by atoms with E-state index in [2.05, 4.69) is 80.7 Å². The van der Waals surface area contributed by atoms with E-state index in [0.717, 1.165) is 10.8 Å². The van der Waals surface area contributed by atoms with Crippen LogP contribution in [0.3, 0.4) is 0 Å². The van der Waals surface area contributed by atoms with Gasteiger partial charge in [0.05, 0.1) is 17.8 Å². The average Bonchev–Trinajstić information content (AvgIpc) is 3.40. The molecule has 1 aromatic carbocycles. The summed E-state index contributed by atoms with van der Waals surface area (Å²) in [5.74, 6) is 0. The molecule has 5 rings (SSSR count). The van der Waals surface area contributed by atoms with Gasteiger partial charge in [0.25, 0.3) is 0 Å². The van der Waals surface area contributed by atoms with E-state index in [1.807, 2.05) is 12.3 Å². The predicted molar refractivity (Wildman–Crippen MR) is 120 cm³/mol. The van der Waals surface area contributed by atoms with Crippen LogP contribution in [0.2, 0.25) is 0 Å². The van der Waals surface area contributed by atoms with Crippen molar-refractivity contribution in [2.45, 2.75) is 50.2 Å². The highest BCUT2D eigenvalue weighted by molar-refractivity contribution is 7.80. The largest absolute Gasteiger partial charge is 0.352 e. The highest BCUT2D eigenvalue weighted by atomic mass is 32.1. The highest BCUT2D eigenvalue weighted by Crippen LogP contribution is 2.42. The molecule has 1 aliphatic carbocycles. The zero-order chi connectivity index (χ0) is 19.6. The summed E-state index contributed by atoms with van der Waals surface area (Å²) >= 11 is 5.86. The van der Waals surface area contributed by atoms with E-state index < -0.39 is 0 Å². The molecule has 5 heteroatoms. The Morgan fingerprint density at radius 1 is 0.931 bits per heavy atom. The normalized spacial score (nSPS) is 22.6. The van der Waals surface area contributed by atoms with E-state index >= 15 is 0 Å². The van der Waals surface area contributed by atoms with Crippen molar-refractivity contribution in [3.63, 3.8) is 0 Å². The van der Waals surface area contributed by atoms with E-state index in [1.165, 1.54) is 43.4 Å². The number of rotatable bonds is 4. The van der Waals surface area contributed by atoms with Gasteiger partial charge in [-0.25, -0.2) is 0 Å². The van der Waals surface area contributed by atoms with Crippen molar-refractivity contribution in [1.82, 2.24) is 19.8 Å². The average molecular weight is 403 g/mol. The van der Waals surface area contributed by atoms with Crippen LogP contribution in [0.4, 0.5) is 0 Å². The van der Waals surface area contributed by atoms with Crippen molar-refractivity contribution >= 4 is 17.3 Å². The molecule has 3 aromatic rings. The van der Waals surface area contributed by atoms with Crippen LogP contribution in [-0.4, -0.2) is 25.6 Å². The predicted octanol–water partition coefficient (Wildman–Crippen LogP) is 5.18. The summed E-state index contributed by atoms with van der Waals surface area (Å²) in [6.45, 7) is 0. The highest BCUT2D eigenvalue weighted by Gasteiger charge is 2.43. The molecule has 0 radical (unpaired) electrons. The molecular formula is C24H26N4S. The van der Waals surface area contributed by atoms with Gasteiger partial charge in [-0.3, -0.25) is 4.98 Å². The van der Waals surface area contributed by atoms with E-state index in [0.29, 0.717) is 6.04 Å². The van der Waals surface area contributed by atoms with Gasteiger partial charge >= 0.3 is 0 Å². The van der Waals surface area contributed by atoms with Crippen LogP contribution < -0.4 is 5.32 Å². The lowest BCUT2D eigenvalue weighted by Gasteiger charge is -2.36. The van der Waals surface area contributed by atoms with Crippen LogP contribution >= 0.6 is 12.2 Å². The standard InChI is InChI=1S/C24H26N4S/c29-24-26-22(21-13-7-8-15-25-21)23(28(24)20-11-5-2-6-12-20)18-14-16-27(17-18)19-9-3-1-4-10-19/h1,3-4,7-10,13-17,20,22-23H,2,5-6,11-12H2,(H,26,29). The minimum Gasteiger partial charge on any atom is -0.352 e. The first-order chi connectivity index (χ1) is 14.3. The molecule has 2 unspecified atom stereocenters. The Bertz CT molecular complexity index is 963. The maximum Gasteiger partial charge on any atom is 0.170 e. The molecular weight excluding hydrogens is 376 g/mol. The van der Waals surface area contributed by atoms with E-state index in [-0.39, 0.29) is 12.1 Å². The van der Waals surface area contributed by atoms with Crippen LogP contribution in [0.1, 0.15) is 55.4 Å². The van der Waals surface area contributed by atoms with Crippen LogP contribution in [0.15, 0.2) is 73.2 Å². The van der Waals surface area contributed by atoms with Gasteiger partial charge in [0, 0.05) is 30.3 Å². The second-order valence-electron chi connectivity index (χ2n) is 8.01. The van der Waals surface area contributed by atoms with Crippen LogP contribution in [-0.2, 0) is 0 Å². The number of nitrogens with one attached hydrogen (secondary N) is 1. The van der Waals surface area contributed by atoms with E-state index in [4.69, 9.17) is 12.2 Å². The Morgan fingerprint density at radius 3 is 2.48 bits per heavy atom. The molecule has 1 aliphatic heterocycles. The Kier molecular flexibility index (Phi) is 5.06. The molecule has 1 saturated carbocycles. The summed E-state index contributed by atoms with van der Waals surface area (Å²) in [7, 11) is 0. The van der Waals surface area contributed by atoms with Crippen molar-refractivity contribution in [3.05, 3.63) is 84.4 Å². The lowest BCUT2D eigenvalue weighted by atomic mass is 9.91. The Hall–Kier alpha value is -2.66. The quantitative estimate of drug-likeness (QED) is 0.610. The molecule has 29 heavy (non-hydrogen) atoms. The zero-order valence-corrected chi connectivity index (χ0v) is 17.3. The lowest BCUT2D eigenvalue weighted by Crippen LogP contribution is -2.40. The summed E-state index contributed by atoms with van der Waals surface area (Å²) in [5.41, 5.74) is 3.50. The number of hydrogen-bond donors (Lipinski definition) is 1. The van der Waals surface area contributed by atoms with Crippen LogP contribution in [0, 0.1) is 0 Å². The van der Waals surface area contributed by atoms with Crippen molar-refractivity contribution in [1.29, 1.82) is 0 Å². The molecule has 0 amide bonds. The Labute approximate surface area is 177 Å². The van der Waals surface area contributed by atoms with Crippen molar-refractivity contribution in [2.24, 2.45) is 0 Å². The van der Waals surface area contributed by atoms with Crippen molar-refractivity contribution < 1.29 is 0 Å². The summed E-state index contributed by atoms with van der Waals surface area (Å²) < 4.78 is 2.20. The van der Waals surface area contributed by atoms with Gasteiger partial charge in [0.1, 0.15) is 0 Å². The topological polar surface area (TPSA) is 33.1 Å². The third-order valence-corrected chi connectivity index (χ3v) is 6.54. The molecule has 148 valence electrons. The molecule has 2 atom stereocenters. The minimum atomic E-state index is 0.0669. The first kappa shape index (κ1) is 18.4. The number of thiocarbonyl (C=S) groups is 1. The lowest BCUT2D eigenvalue weighted by molar-refractivity contribution is 0.197. The number of hydrogen-bond acceptors (Lipinski definition) is 2. The first-order valence-electron chi connectivity index (χ1n) is 10.5. The Morgan fingerprint density at radius 2 is 1.72 bits per heavy atom. The SMILES string of the molecule is S=C1NC(c2ccccn2)C(c2ccn(-c3ccccc3)c2)N1C1CCCCC1. The van der Waals surface area contributed by atoms with Crippen LogP contribution in [0.25, 0.3) is 5.69 Å². The van der Waals surface area contributed by atoms with Crippen molar-refractivity contribution in [3.8, 4) is 5.69 Å². The second-order valence-corrected chi connectivity index (χ2v) is 8.40. The third kappa shape index (κ3) is 3.55. The van der Waals surface area contributed by atoms with E-state index in [1.54, 1.807) is 0 Å². The Balaban J connectivity index is 1.54. The number of aromatic nitrogens is 2.